The second kappa shape index (κ2) is 4.85. The lowest BCUT2D eigenvalue weighted by Crippen LogP contribution is -2.45. The number of carbonyl (C=O) groups is 1. The van der Waals surface area contributed by atoms with Crippen molar-refractivity contribution in [3.63, 3.8) is 0 Å². The maximum atomic E-state index is 11.1. The standard InChI is InChI=1S/C12H15ClO4/c1-10(14)17-11(6-7-13)2-4-12(5-3-11)15-8-9-16-12/h2-5,8-9H2,1H3. The molecule has 94 valence electrons. The SMILES string of the molecule is CC(=O)OC1(C#CCl)CCC2(CC1)OCCO2. The minimum atomic E-state index is -0.770. The second-order valence-electron chi connectivity index (χ2n) is 4.42. The van der Waals surface area contributed by atoms with Crippen molar-refractivity contribution in [1.29, 1.82) is 0 Å². The molecule has 1 heterocycles. The molecule has 0 atom stereocenters. The molecule has 1 aliphatic heterocycles. The summed E-state index contributed by atoms with van der Waals surface area (Å²) in [6.07, 6.45) is 2.52. The average molecular weight is 259 g/mol. The third-order valence-corrected chi connectivity index (χ3v) is 3.34. The first kappa shape index (κ1) is 12.7. The van der Waals surface area contributed by atoms with Crippen LogP contribution in [0.2, 0.25) is 0 Å². The summed E-state index contributed by atoms with van der Waals surface area (Å²) in [4.78, 5) is 11.1. The molecule has 4 nitrogen and oxygen atoms in total. The van der Waals surface area contributed by atoms with E-state index in [0.29, 0.717) is 38.9 Å². The number of hydrogen-bond acceptors (Lipinski definition) is 4. The van der Waals surface area contributed by atoms with E-state index >= 15 is 0 Å². The highest BCUT2D eigenvalue weighted by Gasteiger charge is 2.47. The lowest BCUT2D eigenvalue weighted by Gasteiger charge is -2.39. The zero-order chi connectivity index (χ0) is 12.4. The van der Waals surface area contributed by atoms with Gasteiger partial charge < -0.3 is 14.2 Å². The lowest BCUT2D eigenvalue weighted by molar-refractivity contribution is -0.203. The summed E-state index contributed by atoms with van der Waals surface area (Å²) in [5, 5.41) is 2.33. The molecular formula is C12H15ClO4. The molecule has 0 amide bonds. The fourth-order valence-corrected chi connectivity index (χ4v) is 2.61. The van der Waals surface area contributed by atoms with E-state index in [-0.39, 0.29) is 5.97 Å². The highest BCUT2D eigenvalue weighted by molar-refractivity contribution is 6.30. The number of ether oxygens (including phenoxy) is 3. The average Bonchev–Trinajstić information content (AvgIpc) is 2.72. The molecule has 0 aromatic carbocycles. The van der Waals surface area contributed by atoms with E-state index in [1.807, 2.05) is 0 Å². The van der Waals surface area contributed by atoms with Gasteiger partial charge >= 0.3 is 5.97 Å². The maximum Gasteiger partial charge on any atom is 0.304 e. The van der Waals surface area contributed by atoms with Crippen molar-refractivity contribution >= 4 is 17.6 Å². The van der Waals surface area contributed by atoms with Gasteiger partial charge in [0.15, 0.2) is 11.4 Å². The minimum absolute atomic E-state index is 0.339. The molecule has 1 spiro atoms. The van der Waals surface area contributed by atoms with E-state index in [1.165, 1.54) is 6.92 Å². The molecule has 0 unspecified atom stereocenters. The zero-order valence-corrected chi connectivity index (χ0v) is 10.5. The quantitative estimate of drug-likeness (QED) is 0.532. The Balaban J connectivity index is 2.06. The zero-order valence-electron chi connectivity index (χ0n) is 9.75. The molecule has 2 rings (SSSR count). The molecule has 2 aliphatic rings. The molecule has 1 aliphatic carbocycles. The van der Waals surface area contributed by atoms with Crippen molar-refractivity contribution in [2.24, 2.45) is 0 Å². The number of rotatable bonds is 1. The Morgan fingerprint density at radius 3 is 2.29 bits per heavy atom. The molecule has 0 aromatic heterocycles. The maximum absolute atomic E-state index is 11.1. The van der Waals surface area contributed by atoms with Crippen molar-refractivity contribution in [3.05, 3.63) is 0 Å². The van der Waals surface area contributed by atoms with Crippen LogP contribution in [-0.2, 0) is 19.0 Å². The first-order chi connectivity index (χ1) is 8.10. The number of carbonyl (C=O) groups excluding carboxylic acids is 1. The smallest absolute Gasteiger partial charge is 0.304 e. The Morgan fingerprint density at radius 2 is 1.82 bits per heavy atom. The lowest BCUT2D eigenvalue weighted by atomic mass is 9.81. The molecule has 0 N–H and O–H groups in total. The first-order valence-corrected chi connectivity index (χ1v) is 6.08. The first-order valence-electron chi connectivity index (χ1n) is 5.70. The van der Waals surface area contributed by atoms with Gasteiger partial charge in [0.2, 0.25) is 0 Å². The van der Waals surface area contributed by atoms with Gasteiger partial charge in [-0.15, -0.1) is 0 Å². The number of halogens is 1. The van der Waals surface area contributed by atoms with E-state index in [1.54, 1.807) is 0 Å². The molecule has 0 aromatic rings. The van der Waals surface area contributed by atoms with Crippen molar-refractivity contribution < 1.29 is 19.0 Å². The van der Waals surface area contributed by atoms with Crippen molar-refractivity contribution in [2.45, 2.75) is 44.0 Å². The number of esters is 1. The Hall–Kier alpha value is -0.760. The Bertz CT molecular complexity index is 352. The van der Waals surface area contributed by atoms with Crippen LogP contribution in [0.3, 0.4) is 0 Å². The fourth-order valence-electron chi connectivity index (χ4n) is 2.43. The Kier molecular flexibility index (Phi) is 3.62. The van der Waals surface area contributed by atoms with E-state index < -0.39 is 11.4 Å². The molecule has 5 heteroatoms. The Morgan fingerprint density at radius 1 is 1.24 bits per heavy atom. The van der Waals surface area contributed by atoms with E-state index in [2.05, 4.69) is 11.3 Å². The molecule has 1 saturated carbocycles. The van der Waals surface area contributed by atoms with Crippen molar-refractivity contribution in [1.82, 2.24) is 0 Å². The summed E-state index contributed by atoms with van der Waals surface area (Å²) >= 11 is 5.44. The van der Waals surface area contributed by atoms with Crippen LogP contribution in [0.1, 0.15) is 32.6 Å². The van der Waals surface area contributed by atoms with Crippen LogP contribution in [0.25, 0.3) is 0 Å². The van der Waals surface area contributed by atoms with Gasteiger partial charge in [0, 0.05) is 38.0 Å². The third kappa shape index (κ3) is 2.74. The van der Waals surface area contributed by atoms with E-state index in [0.717, 1.165) is 0 Å². The van der Waals surface area contributed by atoms with Crippen molar-refractivity contribution in [3.8, 4) is 11.3 Å². The van der Waals surface area contributed by atoms with Gasteiger partial charge in [0.1, 0.15) is 0 Å². The largest absolute Gasteiger partial charge is 0.446 e. The van der Waals surface area contributed by atoms with Gasteiger partial charge in [-0.3, -0.25) is 4.79 Å². The van der Waals surface area contributed by atoms with Crippen LogP contribution < -0.4 is 0 Å². The van der Waals surface area contributed by atoms with Crippen LogP contribution in [0.5, 0.6) is 0 Å². The molecule has 1 saturated heterocycles. The molecule has 2 fully saturated rings. The van der Waals surface area contributed by atoms with Gasteiger partial charge in [0.05, 0.1) is 13.2 Å². The summed E-state index contributed by atoms with van der Waals surface area (Å²) in [6, 6.07) is 0. The minimum Gasteiger partial charge on any atom is -0.446 e. The van der Waals surface area contributed by atoms with Gasteiger partial charge in [-0.05, 0) is 17.5 Å². The summed E-state index contributed by atoms with van der Waals surface area (Å²) in [7, 11) is 0. The normalized spacial score (nSPS) is 25.1. The van der Waals surface area contributed by atoms with Crippen LogP contribution in [-0.4, -0.2) is 30.6 Å². The topological polar surface area (TPSA) is 44.8 Å². The summed E-state index contributed by atoms with van der Waals surface area (Å²) < 4.78 is 16.5. The van der Waals surface area contributed by atoms with Crippen LogP contribution in [0, 0.1) is 11.3 Å². The molecular weight excluding hydrogens is 244 g/mol. The van der Waals surface area contributed by atoms with Crippen LogP contribution in [0.4, 0.5) is 0 Å². The fraction of sp³-hybridized carbons (Fsp3) is 0.750. The third-order valence-electron chi connectivity index (χ3n) is 3.25. The second-order valence-corrected chi connectivity index (χ2v) is 4.60. The molecule has 17 heavy (non-hydrogen) atoms. The summed E-state index contributed by atoms with van der Waals surface area (Å²) in [5.41, 5.74) is -0.770. The predicted molar refractivity (Wildman–Crippen MR) is 61.2 cm³/mol. The van der Waals surface area contributed by atoms with Gasteiger partial charge in [0.25, 0.3) is 0 Å². The van der Waals surface area contributed by atoms with Crippen LogP contribution >= 0.6 is 11.6 Å². The summed E-state index contributed by atoms with van der Waals surface area (Å²) in [6.45, 7) is 2.63. The van der Waals surface area contributed by atoms with Gasteiger partial charge in [-0.2, -0.15) is 0 Å². The van der Waals surface area contributed by atoms with E-state index in [4.69, 9.17) is 25.8 Å². The van der Waals surface area contributed by atoms with E-state index in [9.17, 15) is 4.79 Å². The highest BCUT2D eigenvalue weighted by atomic mass is 35.5. The molecule has 0 bridgehead atoms. The summed E-state index contributed by atoms with van der Waals surface area (Å²) in [5.74, 6) is 1.97. The monoisotopic (exact) mass is 258 g/mol. The Labute approximate surface area is 106 Å². The van der Waals surface area contributed by atoms with Gasteiger partial charge in [-0.1, -0.05) is 0 Å². The van der Waals surface area contributed by atoms with Crippen molar-refractivity contribution in [2.75, 3.05) is 13.2 Å². The highest BCUT2D eigenvalue weighted by Crippen LogP contribution is 2.41. The number of hydrogen-bond donors (Lipinski definition) is 0. The molecule has 0 radical (unpaired) electrons. The van der Waals surface area contributed by atoms with Gasteiger partial charge in [-0.25, -0.2) is 0 Å². The van der Waals surface area contributed by atoms with Crippen LogP contribution in [0.15, 0.2) is 0 Å². The predicted octanol–water partition coefficient (Wildman–Crippen LogP) is 1.81.